The van der Waals surface area contributed by atoms with Gasteiger partial charge in [0.25, 0.3) is 5.56 Å². The molecule has 0 aliphatic carbocycles. The molecule has 7 heteroatoms. The molecule has 0 radical (unpaired) electrons. The Labute approximate surface area is 113 Å². The fourth-order valence-corrected chi connectivity index (χ4v) is 2.02. The Morgan fingerprint density at radius 2 is 2.20 bits per heavy atom. The van der Waals surface area contributed by atoms with E-state index in [-0.39, 0.29) is 11.1 Å². The SMILES string of the molecule is Cc1nc2c(nnn2-c2cccc([C@H](C)O)c2)c(=O)[nH]1. The zero-order valence-corrected chi connectivity index (χ0v) is 11.0. The van der Waals surface area contributed by atoms with E-state index in [1.807, 2.05) is 18.2 Å². The molecule has 2 N–H and O–H groups in total. The Morgan fingerprint density at radius 1 is 1.40 bits per heavy atom. The molecule has 7 nitrogen and oxygen atoms in total. The Kier molecular flexibility index (Phi) is 2.83. The first-order chi connectivity index (χ1) is 9.56. The van der Waals surface area contributed by atoms with Gasteiger partial charge in [-0.2, -0.15) is 4.68 Å². The molecule has 0 bridgehead atoms. The monoisotopic (exact) mass is 271 g/mol. The van der Waals surface area contributed by atoms with Gasteiger partial charge >= 0.3 is 0 Å². The topological polar surface area (TPSA) is 96.7 Å². The summed E-state index contributed by atoms with van der Waals surface area (Å²) in [4.78, 5) is 18.6. The molecule has 0 spiro atoms. The van der Waals surface area contributed by atoms with Crippen molar-refractivity contribution in [3.8, 4) is 5.69 Å². The second-order valence-corrected chi connectivity index (χ2v) is 4.60. The lowest BCUT2D eigenvalue weighted by Crippen LogP contribution is -2.10. The van der Waals surface area contributed by atoms with Gasteiger partial charge in [-0.25, -0.2) is 4.98 Å². The van der Waals surface area contributed by atoms with Crippen LogP contribution in [-0.4, -0.2) is 30.1 Å². The summed E-state index contributed by atoms with van der Waals surface area (Å²) in [6, 6.07) is 7.24. The lowest BCUT2D eigenvalue weighted by molar-refractivity contribution is 0.199. The van der Waals surface area contributed by atoms with E-state index in [0.29, 0.717) is 17.2 Å². The average molecular weight is 271 g/mol. The third-order valence-electron chi connectivity index (χ3n) is 3.03. The van der Waals surface area contributed by atoms with Crippen molar-refractivity contribution in [1.82, 2.24) is 25.0 Å². The number of hydrogen-bond acceptors (Lipinski definition) is 5. The Hall–Kier alpha value is -2.54. The predicted molar refractivity (Wildman–Crippen MR) is 72.7 cm³/mol. The molecule has 3 rings (SSSR count). The molecule has 2 heterocycles. The molecule has 2 aromatic heterocycles. The Bertz CT molecular complexity index is 834. The number of fused-ring (bicyclic) bond motifs is 1. The van der Waals surface area contributed by atoms with Crippen molar-refractivity contribution in [3.05, 3.63) is 46.0 Å². The van der Waals surface area contributed by atoms with Crippen LogP contribution in [0.3, 0.4) is 0 Å². The number of aliphatic hydroxyl groups excluding tert-OH is 1. The standard InChI is InChI=1S/C13H13N5O2/c1-7(19)9-4-3-5-10(6-9)18-12-11(16-17-18)13(20)15-8(2)14-12/h3-7,19H,1-2H3,(H,14,15,20)/t7-/m0/s1. The highest BCUT2D eigenvalue weighted by atomic mass is 16.3. The third-order valence-corrected chi connectivity index (χ3v) is 3.03. The number of aromatic amines is 1. The molecule has 3 aromatic rings. The maximum atomic E-state index is 11.8. The van der Waals surface area contributed by atoms with Gasteiger partial charge in [-0.1, -0.05) is 17.3 Å². The molecule has 1 aromatic carbocycles. The summed E-state index contributed by atoms with van der Waals surface area (Å²) in [6.07, 6.45) is -0.581. The van der Waals surface area contributed by atoms with Crippen LogP contribution in [0.15, 0.2) is 29.1 Å². The van der Waals surface area contributed by atoms with Crippen LogP contribution in [0.1, 0.15) is 24.4 Å². The van der Waals surface area contributed by atoms with Crippen molar-refractivity contribution >= 4 is 11.2 Å². The fourth-order valence-electron chi connectivity index (χ4n) is 2.02. The molecule has 0 fully saturated rings. The van der Waals surface area contributed by atoms with Gasteiger partial charge in [0.2, 0.25) is 0 Å². The van der Waals surface area contributed by atoms with E-state index in [4.69, 9.17) is 0 Å². The smallest absolute Gasteiger partial charge is 0.281 e. The summed E-state index contributed by atoms with van der Waals surface area (Å²) >= 11 is 0. The van der Waals surface area contributed by atoms with Gasteiger partial charge in [0.1, 0.15) is 5.82 Å². The zero-order valence-electron chi connectivity index (χ0n) is 11.0. The number of hydrogen-bond donors (Lipinski definition) is 2. The summed E-state index contributed by atoms with van der Waals surface area (Å²) in [5, 5.41) is 17.5. The average Bonchev–Trinajstić information content (AvgIpc) is 2.82. The summed E-state index contributed by atoms with van der Waals surface area (Å²) in [7, 11) is 0. The number of benzene rings is 1. The lowest BCUT2D eigenvalue weighted by Gasteiger charge is -2.07. The van der Waals surface area contributed by atoms with Crippen LogP contribution in [-0.2, 0) is 0 Å². The van der Waals surface area contributed by atoms with Crippen molar-refractivity contribution in [2.45, 2.75) is 20.0 Å². The highest BCUT2D eigenvalue weighted by Gasteiger charge is 2.12. The number of rotatable bonds is 2. The largest absolute Gasteiger partial charge is 0.389 e. The first kappa shape index (κ1) is 12.5. The first-order valence-corrected chi connectivity index (χ1v) is 6.17. The second-order valence-electron chi connectivity index (χ2n) is 4.60. The van der Waals surface area contributed by atoms with E-state index < -0.39 is 6.10 Å². The highest BCUT2D eigenvalue weighted by molar-refractivity contribution is 5.70. The van der Waals surface area contributed by atoms with E-state index in [1.165, 1.54) is 4.68 Å². The molecule has 102 valence electrons. The maximum absolute atomic E-state index is 11.8. The van der Waals surface area contributed by atoms with Crippen LogP contribution >= 0.6 is 0 Å². The summed E-state index contributed by atoms with van der Waals surface area (Å²) in [5.74, 6) is 0.498. The molecule has 20 heavy (non-hydrogen) atoms. The molecule has 0 saturated carbocycles. The Morgan fingerprint density at radius 3 is 2.95 bits per heavy atom. The minimum absolute atomic E-state index is 0.193. The van der Waals surface area contributed by atoms with Gasteiger partial charge in [0.15, 0.2) is 11.2 Å². The molecule has 0 aliphatic heterocycles. The minimum Gasteiger partial charge on any atom is -0.389 e. The van der Waals surface area contributed by atoms with E-state index in [9.17, 15) is 9.90 Å². The maximum Gasteiger partial charge on any atom is 0.281 e. The van der Waals surface area contributed by atoms with Crippen LogP contribution < -0.4 is 5.56 Å². The van der Waals surface area contributed by atoms with Crippen molar-refractivity contribution in [1.29, 1.82) is 0 Å². The van der Waals surface area contributed by atoms with Crippen LogP contribution in [0.2, 0.25) is 0 Å². The van der Waals surface area contributed by atoms with Gasteiger partial charge in [0.05, 0.1) is 11.8 Å². The molecule has 1 atom stereocenters. The molecular weight excluding hydrogens is 258 g/mol. The summed E-state index contributed by atoms with van der Waals surface area (Å²) in [5.41, 5.74) is 1.73. The molecule has 0 unspecified atom stereocenters. The fraction of sp³-hybridized carbons (Fsp3) is 0.231. The van der Waals surface area contributed by atoms with Crippen LogP contribution in [0.25, 0.3) is 16.9 Å². The summed E-state index contributed by atoms with van der Waals surface area (Å²) in [6.45, 7) is 3.38. The number of nitrogens with zero attached hydrogens (tertiary/aromatic N) is 4. The zero-order chi connectivity index (χ0) is 14.3. The van der Waals surface area contributed by atoms with E-state index >= 15 is 0 Å². The summed E-state index contributed by atoms with van der Waals surface area (Å²) < 4.78 is 1.49. The lowest BCUT2D eigenvalue weighted by atomic mass is 10.1. The predicted octanol–water partition coefficient (Wildman–Crippen LogP) is 0.866. The molecule has 0 saturated heterocycles. The third kappa shape index (κ3) is 1.97. The van der Waals surface area contributed by atoms with Crippen LogP contribution in [0.5, 0.6) is 0 Å². The van der Waals surface area contributed by atoms with Crippen molar-refractivity contribution < 1.29 is 5.11 Å². The quantitative estimate of drug-likeness (QED) is 0.720. The number of aryl methyl sites for hydroxylation is 1. The Balaban J connectivity index is 2.25. The van der Waals surface area contributed by atoms with Crippen LogP contribution in [0.4, 0.5) is 0 Å². The normalized spacial score (nSPS) is 12.8. The van der Waals surface area contributed by atoms with Gasteiger partial charge < -0.3 is 10.1 Å². The van der Waals surface area contributed by atoms with E-state index in [2.05, 4.69) is 20.3 Å². The van der Waals surface area contributed by atoms with Gasteiger partial charge in [0, 0.05) is 0 Å². The number of aromatic nitrogens is 5. The van der Waals surface area contributed by atoms with Gasteiger partial charge in [-0.05, 0) is 31.5 Å². The van der Waals surface area contributed by atoms with Gasteiger partial charge in [-0.3, -0.25) is 4.79 Å². The number of nitrogens with one attached hydrogen (secondary N) is 1. The first-order valence-electron chi connectivity index (χ1n) is 6.17. The van der Waals surface area contributed by atoms with Crippen LogP contribution in [0, 0.1) is 6.92 Å². The molecule has 0 amide bonds. The van der Waals surface area contributed by atoms with Crippen molar-refractivity contribution in [2.75, 3.05) is 0 Å². The van der Waals surface area contributed by atoms with Gasteiger partial charge in [-0.15, -0.1) is 5.10 Å². The molecule has 0 aliphatic rings. The second kappa shape index (κ2) is 4.53. The highest BCUT2D eigenvalue weighted by Crippen LogP contribution is 2.18. The van der Waals surface area contributed by atoms with E-state index in [1.54, 1.807) is 19.9 Å². The molecular formula is C13H13N5O2. The number of H-pyrrole nitrogens is 1. The van der Waals surface area contributed by atoms with Crippen molar-refractivity contribution in [3.63, 3.8) is 0 Å². The number of aliphatic hydroxyl groups is 1. The minimum atomic E-state index is -0.581. The van der Waals surface area contributed by atoms with Crippen molar-refractivity contribution in [2.24, 2.45) is 0 Å². The van der Waals surface area contributed by atoms with E-state index in [0.717, 1.165) is 5.56 Å².